The van der Waals surface area contributed by atoms with E-state index >= 15 is 0 Å². The van der Waals surface area contributed by atoms with Crippen molar-refractivity contribution in [2.24, 2.45) is 16.3 Å². The number of aryl methyl sites for hydroxylation is 1. The van der Waals surface area contributed by atoms with Crippen LogP contribution in [-0.2, 0) is 20.8 Å². The molecule has 10 heteroatoms. The van der Waals surface area contributed by atoms with Gasteiger partial charge in [0.15, 0.2) is 0 Å². The van der Waals surface area contributed by atoms with Crippen LogP contribution >= 0.6 is 11.8 Å². The Labute approximate surface area is 198 Å². The highest BCUT2D eigenvalue weighted by molar-refractivity contribution is 8.15. The first-order chi connectivity index (χ1) is 15.5. The summed E-state index contributed by atoms with van der Waals surface area (Å²) < 4.78 is 0. The molecule has 0 unspecified atom stereocenters. The maximum Gasteiger partial charge on any atom is 0.339 e. The number of carboxylic acids is 2. The van der Waals surface area contributed by atoms with Gasteiger partial charge >= 0.3 is 11.9 Å². The molecular formula is C23H34N4O5S. The van der Waals surface area contributed by atoms with Crippen molar-refractivity contribution in [2.75, 3.05) is 6.54 Å². The van der Waals surface area contributed by atoms with E-state index in [0.717, 1.165) is 22.3 Å². The maximum absolute atomic E-state index is 13.4. The highest BCUT2D eigenvalue weighted by atomic mass is 32.2. The fraction of sp³-hybridized carbons (Fsp3) is 0.565. The van der Waals surface area contributed by atoms with Gasteiger partial charge in [0.05, 0.1) is 6.04 Å². The van der Waals surface area contributed by atoms with Crippen molar-refractivity contribution < 1.29 is 24.6 Å². The van der Waals surface area contributed by atoms with E-state index in [0.29, 0.717) is 37.3 Å². The van der Waals surface area contributed by atoms with Crippen LogP contribution in [0.4, 0.5) is 0 Å². The summed E-state index contributed by atoms with van der Waals surface area (Å²) in [5, 5.41) is 27.1. The Balaban J connectivity index is 2.23. The van der Waals surface area contributed by atoms with Crippen molar-refractivity contribution in [2.45, 2.75) is 70.3 Å². The van der Waals surface area contributed by atoms with Gasteiger partial charge in [0, 0.05) is 5.41 Å². The Bertz CT molecular complexity index is 856. The van der Waals surface area contributed by atoms with Crippen molar-refractivity contribution in [3.05, 3.63) is 35.9 Å². The topological polar surface area (TPSA) is 145 Å². The lowest BCUT2D eigenvalue weighted by Crippen LogP contribution is -2.53. The third kappa shape index (κ3) is 7.83. The minimum Gasteiger partial charge on any atom is -0.480 e. The van der Waals surface area contributed by atoms with Crippen LogP contribution in [0.25, 0.3) is 0 Å². The number of unbranched alkanes of at least 4 members (excludes halogenated alkanes) is 1. The Morgan fingerprint density at radius 3 is 2.33 bits per heavy atom. The molecule has 0 radical (unpaired) electrons. The van der Waals surface area contributed by atoms with Crippen LogP contribution < -0.4 is 11.1 Å². The smallest absolute Gasteiger partial charge is 0.339 e. The van der Waals surface area contributed by atoms with Gasteiger partial charge in [0.1, 0.15) is 11.1 Å². The molecule has 5 N–H and O–H groups in total. The van der Waals surface area contributed by atoms with Crippen molar-refractivity contribution >= 4 is 34.7 Å². The van der Waals surface area contributed by atoms with Crippen LogP contribution in [-0.4, -0.2) is 62.1 Å². The molecule has 0 saturated carbocycles. The number of aliphatic carboxylic acids is 2. The number of thioether (sulfide) groups is 1. The lowest BCUT2D eigenvalue weighted by Gasteiger charge is -2.27. The van der Waals surface area contributed by atoms with E-state index in [2.05, 4.69) is 10.4 Å². The number of hydrogen-bond acceptors (Lipinski definition) is 7. The molecule has 1 aromatic carbocycles. The third-order valence-corrected chi connectivity index (χ3v) is 6.77. The fourth-order valence-corrected chi connectivity index (χ4v) is 4.44. The molecule has 9 nitrogen and oxygen atoms in total. The molecule has 0 aromatic heterocycles. The number of nitrogens with zero attached hydrogens (tertiary/aromatic N) is 2. The summed E-state index contributed by atoms with van der Waals surface area (Å²) in [6.07, 6.45) is 2.41. The van der Waals surface area contributed by atoms with E-state index in [9.17, 15) is 24.6 Å². The van der Waals surface area contributed by atoms with Crippen LogP contribution in [0.5, 0.6) is 0 Å². The largest absolute Gasteiger partial charge is 0.480 e. The number of carbonyl (C=O) groups is 3. The van der Waals surface area contributed by atoms with Crippen LogP contribution in [0.1, 0.15) is 52.0 Å². The number of nitrogens with one attached hydrogen (secondary N) is 1. The molecule has 33 heavy (non-hydrogen) atoms. The van der Waals surface area contributed by atoms with Gasteiger partial charge in [-0.2, -0.15) is 5.10 Å². The molecule has 182 valence electrons. The van der Waals surface area contributed by atoms with Crippen molar-refractivity contribution in [1.82, 2.24) is 10.3 Å². The van der Waals surface area contributed by atoms with Crippen molar-refractivity contribution in [3.8, 4) is 0 Å². The molecule has 2 rings (SSSR count). The van der Waals surface area contributed by atoms with E-state index in [-0.39, 0.29) is 6.42 Å². The first-order valence-corrected chi connectivity index (χ1v) is 12.0. The zero-order valence-electron chi connectivity index (χ0n) is 19.4. The predicted octanol–water partition coefficient (Wildman–Crippen LogP) is 2.51. The Morgan fingerprint density at radius 2 is 1.79 bits per heavy atom. The second-order valence-corrected chi connectivity index (χ2v) is 10.1. The molecule has 0 aliphatic carbocycles. The lowest BCUT2D eigenvalue weighted by atomic mass is 9.99. The number of hydrazone groups is 1. The first kappa shape index (κ1) is 26.8. The van der Waals surface area contributed by atoms with Crippen LogP contribution in [0.15, 0.2) is 35.4 Å². The minimum atomic E-state index is -1.18. The van der Waals surface area contributed by atoms with Gasteiger partial charge in [0.2, 0.25) is 5.37 Å². The number of nitrogens with two attached hydrogens (primary N) is 1. The number of rotatable bonds is 12. The summed E-state index contributed by atoms with van der Waals surface area (Å²) in [6, 6.07) is 7.65. The summed E-state index contributed by atoms with van der Waals surface area (Å²) >= 11 is 1.03. The van der Waals surface area contributed by atoms with Gasteiger partial charge in [-0.3, -0.25) is 14.9 Å². The molecule has 1 aromatic rings. The highest BCUT2D eigenvalue weighted by Crippen LogP contribution is 2.36. The molecule has 1 amide bonds. The zero-order valence-corrected chi connectivity index (χ0v) is 20.2. The van der Waals surface area contributed by atoms with Gasteiger partial charge in [0.25, 0.3) is 5.91 Å². The van der Waals surface area contributed by atoms with Crippen LogP contribution in [0.3, 0.4) is 0 Å². The molecule has 0 fully saturated rings. The highest BCUT2D eigenvalue weighted by Gasteiger charge is 2.43. The molecule has 1 aliphatic heterocycles. The van der Waals surface area contributed by atoms with E-state index < -0.39 is 40.7 Å². The third-order valence-electron chi connectivity index (χ3n) is 5.23. The fourth-order valence-electron chi connectivity index (χ4n) is 3.38. The molecule has 1 aliphatic rings. The molecular weight excluding hydrogens is 444 g/mol. The Kier molecular flexibility index (Phi) is 9.87. The summed E-state index contributed by atoms with van der Waals surface area (Å²) in [7, 11) is 0. The monoisotopic (exact) mass is 478 g/mol. The number of benzene rings is 1. The summed E-state index contributed by atoms with van der Waals surface area (Å²) in [4.78, 5) is 37.2. The second kappa shape index (κ2) is 12.2. The van der Waals surface area contributed by atoms with Crippen molar-refractivity contribution in [1.29, 1.82) is 0 Å². The number of hydrogen-bond donors (Lipinski definition) is 4. The standard InChI is InChI=1S/C23H34N4O5S/c1-23(2,3)22-26-27(19(33-22)21(31)32)18(28)16(11-7-8-14-24)25-17(20(29)30)13-12-15-9-5-4-6-10-15/h4-6,9-10,16-17,19,25H,7-8,11-14,24H2,1-3H3,(H,29,30)(H,31,32)/t16-,17-,19-/m0/s1. The van der Waals surface area contributed by atoms with Crippen LogP contribution in [0.2, 0.25) is 0 Å². The van der Waals surface area contributed by atoms with E-state index in [1.54, 1.807) is 0 Å². The second-order valence-electron chi connectivity index (χ2n) is 9.07. The number of carboxylic acid groups (broad SMARTS) is 2. The predicted molar refractivity (Wildman–Crippen MR) is 129 cm³/mol. The lowest BCUT2D eigenvalue weighted by molar-refractivity contribution is -0.148. The van der Waals surface area contributed by atoms with Gasteiger partial charge in [-0.05, 0) is 37.8 Å². The summed E-state index contributed by atoms with van der Waals surface area (Å²) in [5.41, 5.74) is 6.17. The molecule has 3 atom stereocenters. The van der Waals surface area contributed by atoms with Crippen molar-refractivity contribution in [3.63, 3.8) is 0 Å². The SMILES string of the molecule is CC(C)(C)C1=NN(C(=O)[C@H](CCCCN)N[C@@H](CCc2ccccc2)C(=O)O)[C@H](C(=O)O)S1. The van der Waals surface area contributed by atoms with E-state index in [1.165, 1.54) is 0 Å². The number of carbonyl (C=O) groups excluding carboxylic acids is 1. The molecule has 0 spiro atoms. The van der Waals surface area contributed by atoms with Crippen LogP contribution in [0, 0.1) is 5.41 Å². The Morgan fingerprint density at radius 1 is 1.12 bits per heavy atom. The minimum absolute atomic E-state index is 0.285. The van der Waals surface area contributed by atoms with E-state index in [1.807, 2.05) is 51.1 Å². The molecule has 0 bridgehead atoms. The summed E-state index contributed by atoms with van der Waals surface area (Å²) in [6.45, 7) is 6.13. The average Bonchev–Trinajstić information content (AvgIpc) is 3.22. The number of amides is 1. The summed E-state index contributed by atoms with van der Waals surface area (Å²) in [5.74, 6) is -2.78. The molecule has 0 saturated heterocycles. The quantitative estimate of drug-likeness (QED) is 0.335. The van der Waals surface area contributed by atoms with Gasteiger partial charge < -0.3 is 15.9 Å². The first-order valence-electron chi connectivity index (χ1n) is 11.1. The average molecular weight is 479 g/mol. The van der Waals surface area contributed by atoms with E-state index in [4.69, 9.17) is 5.73 Å². The van der Waals surface area contributed by atoms with Gasteiger partial charge in [-0.1, -0.05) is 69.3 Å². The van der Waals surface area contributed by atoms with Gasteiger partial charge in [-0.15, -0.1) is 0 Å². The van der Waals surface area contributed by atoms with Gasteiger partial charge in [-0.25, -0.2) is 9.80 Å². The maximum atomic E-state index is 13.4. The normalized spacial score (nSPS) is 18.0. The molecule has 1 heterocycles. The Hall–Kier alpha value is -2.43. The zero-order chi connectivity index (χ0) is 24.6.